The maximum atomic E-state index is 5.11. The largest absolute Gasteiger partial charge is 0.302 e. The molecule has 2 rings (SSSR count). The summed E-state index contributed by atoms with van der Waals surface area (Å²) < 4.78 is 0. The van der Waals surface area contributed by atoms with E-state index < -0.39 is 0 Å². The maximum absolute atomic E-state index is 5.11. The molecule has 2 heterocycles. The van der Waals surface area contributed by atoms with Crippen molar-refractivity contribution in [3.8, 4) is 0 Å². The minimum absolute atomic E-state index is 0.783. The van der Waals surface area contributed by atoms with Crippen LogP contribution >= 0.6 is 0 Å². The molecule has 3 nitrogen and oxygen atoms in total. The highest BCUT2D eigenvalue weighted by atomic mass is 16.7. The van der Waals surface area contributed by atoms with E-state index in [1.807, 2.05) is 5.06 Å². The maximum Gasteiger partial charge on any atom is 0.0575 e. The SMILES string of the molecule is CON1CC(N2CCCCC2)C1. The van der Waals surface area contributed by atoms with Crippen LogP contribution in [0.25, 0.3) is 0 Å². The molecule has 0 bridgehead atoms. The first-order valence-electron chi connectivity index (χ1n) is 4.93. The molecule has 0 aromatic rings. The molecule has 2 aliphatic rings. The Bertz CT molecular complexity index is 139. The molecule has 0 N–H and O–H groups in total. The van der Waals surface area contributed by atoms with Gasteiger partial charge in [0.25, 0.3) is 0 Å². The highest BCUT2D eigenvalue weighted by Crippen LogP contribution is 2.19. The lowest BCUT2D eigenvalue weighted by molar-refractivity contribution is -0.204. The summed E-state index contributed by atoms with van der Waals surface area (Å²) in [4.78, 5) is 7.72. The normalized spacial score (nSPS) is 28.8. The van der Waals surface area contributed by atoms with Gasteiger partial charge in [0.2, 0.25) is 0 Å². The second-order valence-electron chi connectivity index (χ2n) is 3.78. The second-order valence-corrected chi connectivity index (χ2v) is 3.78. The van der Waals surface area contributed by atoms with E-state index in [2.05, 4.69) is 4.90 Å². The molecule has 0 unspecified atom stereocenters. The first-order chi connectivity index (χ1) is 5.90. The van der Waals surface area contributed by atoms with Crippen LogP contribution in [0.4, 0.5) is 0 Å². The number of hydrogen-bond donors (Lipinski definition) is 0. The van der Waals surface area contributed by atoms with Crippen molar-refractivity contribution in [3.05, 3.63) is 0 Å². The highest BCUT2D eigenvalue weighted by molar-refractivity contribution is 4.85. The van der Waals surface area contributed by atoms with Gasteiger partial charge in [-0.25, -0.2) is 0 Å². The van der Waals surface area contributed by atoms with Crippen molar-refractivity contribution in [1.82, 2.24) is 9.96 Å². The molecule has 0 amide bonds. The number of hydroxylamine groups is 2. The van der Waals surface area contributed by atoms with Gasteiger partial charge in [-0.3, -0.25) is 4.90 Å². The summed E-state index contributed by atoms with van der Waals surface area (Å²) in [6.07, 6.45) is 4.21. The zero-order valence-corrected chi connectivity index (χ0v) is 7.83. The van der Waals surface area contributed by atoms with Crippen LogP contribution in [0.2, 0.25) is 0 Å². The van der Waals surface area contributed by atoms with Gasteiger partial charge in [0, 0.05) is 19.1 Å². The summed E-state index contributed by atoms with van der Waals surface area (Å²) in [6.45, 7) is 4.83. The lowest BCUT2D eigenvalue weighted by Gasteiger charge is -2.45. The van der Waals surface area contributed by atoms with Gasteiger partial charge in [-0.1, -0.05) is 6.42 Å². The zero-order chi connectivity index (χ0) is 8.39. The Morgan fingerprint density at radius 2 is 1.75 bits per heavy atom. The van der Waals surface area contributed by atoms with Crippen LogP contribution in [0, 0.1) is 0 Å². The Kier molecular flexibility index (Phi) is 2.63. The van der Waals surface area contributed by atoms with Gasteiger partial charge >= 0.3 is 0 Å². The first kappa shape index (κ1) is 8.48. The third-order valence-corrected chi connectivity index (χ3v) is 2.99. The summed E-state index contributed by atoms with van der Waals surface area (Å²) in [5.41, 5.74) is 0. The topological polar surface area (TPSA) is 15.7 Å². The van der Waals surface area contributed by atoms with Gasteiger partial charge in [0.05, 0.1) is 7.11 Å². The van der Waals surface area contributed by atoms with E-state index in [0.717, 1.165) is 19.1 Å². The zero-order valence-electron chi connectivity index (χ0n) is 7.83. The average Bonchev–Trinajstić information content (AvgIpc) is 2.04. The Hall–Kier alpha value is -0.120. The lowest BCUT2D eigenvalue weighted by atomic mass is 10.0. The number of hydrogen-bond acceptors (Lipinski definition) is 3. The van der Waals surface area contributed by atoms with E-state index in [9.17, 15) is 0 Å². The Balaban J connectivity index is 1.72. The monoisotopic (exact) mass is 170 g/mol. The van der Waals surface area contributed by atoms with Crippen molar-refractivity contribution in [2.45, 2.75) is 25.3 Å². The third-order valence-electron chi connectivity index (χ3n) is 2.99. The minimum Gasteiger partial charge on any atom is -0.302 e. The van der Waals surface area contributed by atoms with Crippen molar-refractivity contribution in [2.75, 3.05) is 33.3 Å². The summed E-state index contributed by atoms with van der Waals surface area (Å²) in [5.74, 6) is 0. The van der Waals surface area contributed by atoms with E-state index >= 15 is 0 Å². The van der Waals surface area contributed by atoms with Gasteiger partial charge in [-0.2, -0.15) is 5.06 Å². The van der Waals surface area contributed by atoms with E-state index in [1.165, 1.54) is 32.4 Å². The fraction of sp³-hybridized carbons (Fsp3) is 1.00. The molecular weight excluding hydrogens is 152 g/mol. The third kappa shape index (κ3) is 1.63. The van der Waals surface area contributed by atoms with Crippen molar-refractivity contribution >= 4 is 0 Å². The van der Waals surface area contributed by atoms with Crippen LogP contribution in [0.15, 0.2) is 0 Å². The molecule has 0 spiro atoms. The Labute approximate surface area is 74.2 Å². The predicted octanol–water partition coefficient (Wildman–Crippen LogP) is 0.718. The first-order valence-corrected chi connectivity index (χ1v) is 4.93. The van der Waals surface area contributed by atoms with Crippen molar-refractivity contribution in [3.63, 3.8) is 0 Å². The summed E-state index contributed by atoms with van der Waals surface area (Å²) in [7, 11) is 1.76. The summed E-state index contributed by atoms with van der Waals surface area (Å²) >= 11 is 0. The van der Waals surface area contributed by atoms with Crippen LogP contribution < -0.4 is 0 Å². The van der Waals surface area contributed by atoms with E-state index in [-0.39, 0.29) is 0 Å². The number of piperidine rings is 1. The van der Waals surface area contributed by atoms with Gasteiger partial charge in [-0.05, 0) is 25.9 Å². The van der Waals surface area contributed by atoms with Crippen molar-refractivity contribution in [1.29, 1.82) is 0 Å². The molecule has 70 valence electrons. The highest BCUT2D eigenvalue weighted by Gasteiger charge is 2.32. The van der Waals surface area contributed by atoms with E-state index in [0.29, 0.717) is 0 Å². The summed E-state index contributed by atoms with van der Waals surface area (Å²) in [6, 6.07) is 0.783. The quantitative estimate of drug-likeness (QED) is 0.607. The molecule has 2 saturated heterocycles. The van der Waals surface area contributed by atoms with Crippen LogP contribution in [-0.2, 0) is 4.84 Å². The van der Waals surface area contributed by atoms with Gasteiger partial charge in [0.1, 0.15) is 0 Å². The fourth-order valence-corrected chi connectivity index (χ4v) is 2.08. The molecule has 0 aromatic carbocycles. The molecule has 0 atom stereocenters. The smallest absolute Gasteiger partial charge is 0.0575 e. The van der Waals surface area contributed by atoms with Crippen LogP contribution in [0.3, 0.4) is 0 Å². The molecule has 2 aliphatic heterocycles. The predicted molar refractivity (Wildman–Crippen MR) is 47.8 cm³/mol. The molecule has 3 heteroatoms. The van der Waals surface area contributed by atoms with Gasteiger partial charge in [-0.15, -0.1) is 0 Å². The van der Waals surface area contributed by atoms with Crippen LogP contribution in [-0.4, -0.2) is 49.3 Å². The summed E-state index contributed by atoms with van der Waals surface area (Å²) in [5, 5.41) is 2.03. The second kappa shape index (κ2) is 3.73. The minimum atomic E-state index is 0.783. The number of likely N-dealkylation sites (tertiary alicyclic amines) is 1. The molecule has 0 radical (unpaired) electrons. The van der Waals surface area contributed by atoms with Gasteiger partial charge in [0.15, 0.2) is 0 Å². The Morgan fingerprint density at radius 1 is 1.08 bits per heavy atom. The standard InChI is InChI=1S/C9H18N2O/c1-12-11-7-9(8-11)10-5-3-2-4-6-10/h9H,2-8H2,1H3. The van der Waals surface area contributed by atoms with E-state index in [1.54, 1.807) is 7.11 Å². The average molecular weight is 170 g/mol. The molecule has 0 aliphatic carbocycles. The Morgan fingerprint density at radius 3 is 2.33 bits per heavy atom. The number of rotatable bonds is 2. The van der Waals surface area contributed by atoms with Crippen LogP contribution in [0.1, 0.15) is 19.3 Å². The molecular formula is C9H18N2O. The molecule has 12 heavy (non-hydrogen) atoms. The van der Waals surface area contributed by atoms with Gasteiger partial charge < -0.3 is 4.84 Å². The molecule has 0 aromatic heterocycles. The van der Waals surface area contributed by atoms with E-state index in [4.69, 9.17) is 4.84 Å². The lowest BCUT2D eigenvalue weighted by Crippen LogP contribution is -2.59. The number of nitrogens with zero attached hydrogens (tertiary/aromatic N) is 2. The molecule has 2 fully saturated rings. The fourth-order valence-electron chi connectivity index (χ4n) is 2.08. The van der Waals surface area contributed by atoms with Crippen LogP contribution in [0.5, 0.6) is 0 Å². The van der Waals surface area contributed by atoms with Crippen molar-refractivity contribution in [2.24, 2.45) is 0 Å². The van der Waals surface area contributed by atoms with Crippen molar-refractivity contribution < 1.29 is 4.84 Å². The molecule has 0 saturated carbocycles.